The van der Waals surface area contributed by atoms with Crippen molar-refractivity contribution in [1.82, 2.24) is 4.90 Å². The van der Waals surface area contributed by atoms with E-state index in [2.05, 4.69) is 19.1 Å². The summed E-state index contributed by atoms with van der Waals surface area (Å²) in [5.74, 6) is 1.33. The second-order valence-electron chi connectivity index (χ2n) is 5.95. The summed E-state index contributed by atoms with van der Waals surface area (Å²) < 4.78 is 5.28. The summed E-state index contributed by atoms with van der Waals surface area (Å²) in [4.78, 5) is 14.6. The predicted octanol–water partition coefficient (Wildman–Crippen LogP) is 4.25. The fraction of sp³-hybridized carbons (Fsp3) is 0.353. The van der Waals surface area contributed by atoms with Crippen LogP contribution in [0.5, 0.6) is 0 Å². The molecular weight excluding hydrogens is 286 g/mol. The van der Waals surface area contributed by atoms with Gasteiger partial charge in [-0.25, -0.2) is 0 Å². The number of halogens is 1. The van der Waals surface area contributed by atoms with Gasteiger partial charge in [-0.2, -0.15) is 0 Å². The Morgan fingerprint density at radius 2 is 2.19 bits per heavy atom. The number of rotatable bonds is 1. The van der Waals surface area contributed by atoms with Crippen molar-refractivity contribution < 1.29 is 9.21 Å². The van der Waals surface area contributed by atoms with Crippen LogP contribution in [0.4, 0.5) is 0 Å². The molecule has 4 rings (SSSR count). The van der Waals surface area contributed by atoms with Gasteiger partial charge in [0.25, 0.3) is 5.91 Å². The van der Waals surface area contributed by atoms with Crippen molar-refractivity contribution in [2.24, 2.45) is 5.92 Å². The van der Waals surface area contributed by atoms with E-state index < -0.39 is 0 Å². The van der Waals surface area contributed by atoms with Gasteiger partial charge in [0, 0.05) is 11.6 Å². The Morgan fingerprint density at radius 3 is 2.95 bits per heavy atom. The van der Waals surface area contributed by atoms with Crippen LogP contribution in [0.15, 0.2) is 41.0 Å². The quantitative estimate of drug-likeness (QED) is 0.789. The normalized spacial score (nSPS) is 26.8. The van der Waals surface area contributed by atoms with Crippen LogP contribution >= 0.6 is 11.6 Å². The first-order valence-corrected chi connectivity index (χ1v) is 7.68. The number of piperidine rings is 1. The van der Waals surface area contributed by atoms with Gasteiger partial charge in [-0.05, 0) is 53.6 Å². The molecular formula is C17H16ClNO2. The molecule has 0 spiro atoms. The number of carbonyl (C=O) groups excluding carboxylic acids is 1. The lowest BCUT2D eigenvalue weighted by Crippen LogP contribution is -2.41. The first-order chi connectivity index (χ1) is 10.2. The van der Waals surface area contributed by atoms with Crippen LogP contribution < -0.4 is 0 Å². The second-order valence-corrected chi connectivity index (χ2v) is 6.38. The van der Waals surface area contributed by atoms with Gasteiger partial charge in [0.1, 0.15) is 0 Å². The van der Waals surface area contributed by atoms with E-state index in [1.807, 2.05) is 11.0 Å². The molecule has 108 valence electrons. The number of benzene rings is 1. The minimum absolute atomic E-state index is 0.0156. The maximum absolute atomic E-state index is 12.7. The highest BCUT2D eigenvalue weighted by Crippen LogP contribution is 2.53. The van der Waals surface area contributed by atoms with Crippen LogP contribution in [-0.2, 0) is 0 Å². The molecule has 1 aromatic carbocycles. The molecule has 1 aliphatic heterocycles. The van der Waals surface area contributed by atoms with E-state index in [1.165, 1.54) is 11.1 Å². The number of likely N-dealkylation sites (tertiary alicyclic amines) is 1. The molecule has 1 amide bonds. The van der Waals surface area contributed by atoms with Gasteiger partial charge in [0.2, 0.25) is 0 Å². The van der Waals surface area contributed by atoms with Crippen molar-refractivity contribution in [2.45, 2.75) is 25.3 Å². The summed E-state index contributed by atoms with van der Waals surface area (Å²) in [6, 6.07) is 9.69. The van der Waals surface area contributed by atoms with Crippen LogP contribution in [0, 0.1) is 5.92 Å². The monoisotopic (exact) mass is 301 g/mol. The molecule has 1 aliphatic carbocycles. The third kappa shape index (κ3) is 1.84. The summed E-state index contributed by atoms with van der Waals surface area (Å²) in [6.07, 6.45) is 2.53. The zero-order valence-corrected chi connectivity index (χ0v) is 12.5. The molecule has 2 aliphatic rings. The standard InChI is InChI=1S/C17H16ClNO2/c1-10-12-6-7-19(17(20)15-3-2-8-21-15)16(10)13-5-4-11(18)9-14(12)13/h2-5,8-10,12,16H,6-7H2,1H3/t10-,12?,16?/m0/s1. The Balaban J connectivity index is 1.76. The lowest BCUT2D eigenvalue weighted by Gasteiger charge is -2.38. The molecule has 3 atom stereocenters. The molecule has 0 saturated carbocycles. The van der Waals surface area contributed by atoms with Crippen molar-refractivity contribution in [3.63, 3.8) is 0 Å². The Bertz CT molecular complexity index is 695. The molecule has 1 fully saturated rings. The Labute approximate surface area is 128 Å². The van der Waals surface area contributed by atoms with E-state index in [-0.39, 0.29) is 11.9 Å². The lowest BCUT2D eigenvalue weighted by atomic mass is 9.85. The molecule has 0 N–H and O–H groups in total. The third-order valence-electron chi connectivity index (χ3n) is 4.91. The SMILES string of the molecule is C[C@H]1C2CCN(C(=O)c3ccco3)C1c1ccc(Cl)cc12. The molecule has 2 aromatic rings. The van der Waals surface area contributed by atoms with Crippen LogP contribution in [0.25, 0.3) is 0 Å². The van der Waals surface area contributed by atoms with Crippen LogP contribution in [0.1, 0.15) is 47.0 Å². The Kier molecular flexibility index (Phi) is 2.86. The number of fused-ring (bicyclic) bond motifs is 5. The number of nitrogens with zero attached hydrogens (tertiary/aromatic N) is 1. The molecule has 3 nitrogen and oxygen atoms in total. The fourth-order valence-electron chi connectivity index (χ4n) is 3.98. The Morgan fingerprint density at radius 1 is 1.33 bits per heavy atom. The van der Waals surface area contributed by atoms with Gasteiger partial charge in [-0.1, -0.05) is 24.6 Å². The van der Waals surface area contributed by atoms with Crippen molar-refractivity contribution >= 4 is 17.5 Å². The minimum atomic E-state index is -0.0156. The van der Waals surface area contributed by atoms with Crippen molar-refractivity contribution in [1.29, 1.82) is 0 Å². The number of furan rings is 1. The highest BCUT2D eigenvalue weighted by molar-refractivity contribution is 6.30. The highest BCUT2D eigenvalue weighted by Gasteiger charge is 2.46. The van der Waals surface area contributed by atoms with E-state index in [0.717, 1.165) is 18.0 Å². The number of amides is 1. The first-order valence-electron chi connectivity index (χ1n) is 7.30. The number of hydrogen-bond acceptors (Lipinski definition) is 2. The van der Waals surface area contributed by atoms with E-state index >= 15 is 0 Å². The van der Waals surface area contributed by atoms with E-state index in [4.69, 9.17) is 16.0 Å². The average molecular weight is 302 g/mol. The summed E-state index contributed by atoms with van der Waals surface area (Å²) in [6.45, 7) is 3.00. The smallest absolute Gasteiger partial charge is 0.290 e. The average Bonchev–Trinajstić information content (AvgIpc) is 3.04. The number of carbonyl (C=O) groups is 1. The van der Waals surface area contributed by atoms with Crippen LogP contribution in [0.2, 0.25) is 5.02 Å². The largest absolute Gasteiger partial charge is 0.459 e. The van der Waals surface area contributed by atoms with Gasteiger partial charge in [-0.15, -0.1) is 0 Å². The van der Waals surface area contributed by atoms with Gasteiger partial charge >= 0.3 is 0 Å². The maximum Gasteiger partial charge on any atom is 0.290 e. The summed E-state index contributed by atoms with van der Waals surface area (Å²) in [7, 11) is 0. The molecule has 1 saturated heterocycles. The fourth-order valence-corrected chi connectivity index (χ4v) is 4.16. The molecule has 2 unspecified atom stereocenters. The van der Waals surface area contributed by atoms with Gasteiger partial charge < -0.3 is 9.32 Å². The molecule has 21 heavy (non-hydrogen) atoms. The molecule has 2 bridgehead atoms. The van der Waals surface area contributed by atoms with E-state index in [9.17, 15) is 4.79 Å². The summed E-state index contributed by atoms with van der Waals surface area (Å²) in [5.41, 5.74) is 2.56. The predicted molar refractivity (Wildman–Crippen MR) is 80.5 cm³/mol. The van der Waals surface area contributed by atoms with Crippen LogP contribution in [-0.4, -0.2) is 17.4 Å². The van der Waals surface area contributed by atoms with Crippen molar-refractivity contribution in [2.75, 3.05) is 6.54 Å². The van der Waals surface area contributed by atoms with E-state index in [0.29, 0.717) is 17.6 Å². The third-order valence-corrected chi connectivity index (χ3v) is 5.14. The van der Waals surface area contributed by atoms with Gasteiger partial charge in [-0.3, -0.25) is 4.79 Å². The van der Waals surface area contributed by atoms with E-state index in [1.54, 1.807) is 18.4 Å². The maximum atomic E-state index is 12.7. The second kappa shape index (κ2) is 4.63. The first kappa shape index (κ1) is 13.0. The molecule has 0 radical (unpaired) electrons. The zero-order valence-electron chi connectivity index (χ0n) is 11.8. The van der Waals surface area contributed by atoms with Crippen LogP contribution in [0.3, 0.4) is 0 Å². The summed E-state index contributed by atoms with van der Waals surface area (Å²) >= 11 is 6.15. The Hall–Kier alpha value is -1.74. The van der Waals surface area contributed by atoms with Gasteiger partial charge in [0.15, 0.2) is 5.76 Å². The van der Waals surface area contributed by atoms with Crippen molar-refractivity contribution in [3.8, 4) is 0 Å². The molecule has 2 heterocycles. The molecule has 1 aromatic heterocycles. The zero-order chi connectivity index (χ0) is 14.6. The molecule has 4 heteroatoms. The van der Waals surface area contributed by atoms with Gasteiger partial charge in [0.05, 0.1) is 12.3 Å². The minimum Gasteiger partial charge on any atom is -0.459 e. The topological polar surface area (TPSA) is 33.5 Å². The highest BCUT2D eigenvalue weighted by atomic mass is 35.5. The number of hydrogen-bond donors (Lipinski definition) is 0. The van der Waals surface area contributed by atoms with Crippen molar-refractivity contribution in [3.05, 3.63) is 58.5 Å². The summed E-state index contributed by atoms with van der Waals surface area (Å²) in [5, 5.41) is 0.775. The lowest BCUT2D eigenvalue weighted by molar-refractivity contribution is 0.0492.